The van der Waals surface area contributed by atoms with Gasteiger partial charge in [0.1, 0.15) is 0 Å². The minimum atomic E-state index is 0.609. The van der Waals surface area contributed by atoms with Gasteiger partial charge in [0, 0.05) is 0 Å². The molecule has 2 aliphatic carbocycles. The van der Waals surface area contributed by atoms with Crippen molar-refractivity contribution in [1.29, 1.82) is 0 Å². The summed E-state index contributed by atoms with van der Waals surface area (Å²) in [5.74, 6) is 3.73. The fourth-order valence-electron chi connectivity index (χ4n) is 4.26. The first kappa shape index (κ1) is 18.1. The Morgan fingerprint density at radius 1 is 0.600 bits per heavy atom. The second kappa shape index (κ2) is 6.84. The molecule has 0 nitrogen and oxygen atoms in total. The fourth-order valence-corrected chi connectivity index (χ4v) is 4.26. The first-order valence-corrected chi connectivity index (χ1v) is 9.08. The van der Waals surface area contributed by atoms with Crippen LogP contribution in [-0.4, -0.2) is 0 Å². The third kappa shape index (κ3) is 4.50. The van der Waals surface area contributed by atoms with Gasteiger partial charge in [-0.1, -0.05) is 81.1 Å². The van der Waals surface area contributed by atoms with Gasteiger partial charge in [-0.3, -0.25) is 0 Å². The normalized spacial score (nSPS) is 39.6. The quantitative estimate of drug-likeness (QED) is 0.451. The maximum Gasteiger partial charge on any atom is -0.0326 e. The van der Waals surface area contributed by atoms with E-state index in [9.17, 15) is 0 Å². The summed E-state index contributed by atoms with van der Waals surface area (Å²) in [5, 5.41) is 0. The molecule has 4 atom stereocenters. The average molecular weight is 281 g/mol. The molecule has 0 amide bonds. The number of hydrogen-bond donors (Lipinski definition) is 0. The molecule has 0 aromatic carbocycles. The molecule has 2 rings (SSSR count). The molecule has 0 radical (unpaired) electrons. The average Bonchev–Trinajstić information content (AvgIpc) is 2.34. The van der Waals surface area contributed by atoms with Gasteiger partial charge in [0.2, 0.25) is 0 Å². The molecule has 2 saturated carbocycles. The van der Waals surface area contributed by atoms with E-state index in [4.69, 9.17) is 0 Å². The summed E-state index contributed by atoms with van der Waals surface area (Å²) in [5.41, 5.74) is 1.22. The molecule has 0 aliphatic heterocycles. The molecule has 2 aliphatic rings. The maximum atomic E-state index is 2.41. The zero-order chi connectivity index (χ0) is 15.6. The van der Waals surface area contributed by atoms with Crippen LogP contribution in [0.25, 0.3) is 0 Å². The largest absolute Gasteiger partial charge is 0.0622 e. The van der Waals surface area contributed by atoms with Gasteiger partial charge < -0.3 is 0 Å². The maximum absolute atomic E-state index is 2.41. The van der Waals surface area contributed by atoms with E-state index in [1.807, 2.05) is 0 Å². The van der Waals surface area contributed by atoms with Crippen molar-refractivity contribution in [3.05, 3.63) is 0 Å². The van der Waals surface area contributed by atoms with Crippen LogP contribution in [0.4, 0.5) is 0 Å². The molecule has 2 fully saturated rings. The fraction of sp³-hybridized carbons (Fsp3) is 1.00. The molecule has 0 unspecified atom stereocenters. The third-order valence-electron chi connectivity index (χ3n) is 7.13. The summed E-state index contributed by atoms with van der Waals surface area (Å²) in [7, 11) is 0. The third-order valence-corrected chi connectivity index (χ3v) is 7.13. The summed E-state index contributed by atoms with van der Waals surface area (Å²) < 4.78 is 0. The molecule has 0 heterocycles. The van der Waals surface area contributed by atoms with E-state index in [-0.39, 0.29) is 0 Å². The van der Waals surface area contributed by atoms with Gasteiger partial charge in [-0.25, -0.2) is 0 Å². The van der Waals surface area contributed by atoms with Crippen LogP contribution < -0.4 is 0 Å². The highest BCUT2D eigenvalue weighted by atomic mass is 14.4. The van der Waals surface area contributed by atoms with E-state index < -0.39 is 0 Å². The summed E-state index contributed by atoms with van der Waals surface area (Å²) in [6, 6.07) is 0. The highest BCUT2D eigenvalue weighted by Crippen LogP contribution is 2.43. The smallest absolute Gasteiger partial charge is 0.0326 e. The standard InChI is InChI=1S/2C10H20/c2*1-8-6-5-7-10(3,4)9(8)2/h2*8-9H,5-7H2,1-4H3/t8-,9+;8-,9-/m00/s1. The van der Waals surface area contributed by atoms with Gasteiger partial charge in [-0.2, -0.15) is 0 Å². The molecule has 0 heteroatoms. The van der Waals surface area contributed by atoms with Crippen LogP contribution in [0.1, 0.15) is 93.9 Å². The van der Waals surface area contributed by atoms with Crippen molar-refractivity contribution in [2.45, 2.75) is 93.9 Å². The van der Waals surface area contributed by atoms with Gasteiger partial charge >= 0.3 is 0 Å². The van der Waals surface area contributed by atoms with Crippen LogP contribution in [0, 0.1) is 34.5 Å². The summed E-state index contributed by atoms with van der Waals surface area (Å²) in [6.45, 7) is 19.2. The van der Waals surface area contributed by atoms with Crippen molar-refractivity contribution in [1.82, 2.24) is 0 Å². The molecule has 120 valence electrons. The Labute approximate surface area is 129 Å². The van der Waals surface area contributed by atoms with E-state index >= 15 is 0 Å². The summed E-state index contributed by atoms with van der Waals surface area (Å²) in [6.07, 6.45) is 8.64. The molecule has 0 aromatic heterocycles. The molecule has 0 bridgehead atoms. The lowest BCUT2D eigenvalue weighted by atomic mass is 9.65. The van der Waals surface area contributed by atoms with Crippen LogP contribution in [-0.2, 0) is 0 Å². The van der Waals surface area contributed by atoms with Crippen LogP contribution in [0.5, 0.6) is 0 Å². The number of rotatable bonds is 0. The lowest BCUT2D eigenvalue weighted by Crippen LogP contribution is -2.31. The first-order valence-electron chi connectivity index (χ1n) is 9.08. The molecular weight excluding hydrogens is 240 g/mol. The van der Waals surface area contributed by atoms with E-state index in [0.717, 1.165) is 23.7 Å². The molecule has 0 N–H and O–H groups in total. The Kier molecular flexibility index (Phi) is 6.17. The Morgan fingerprint density at radius 2 is 0.900 bits per heavy atom. The first-order chi connectivity index (χ1) is 9.08. The Balaban J connectivity index is 0.000000200. The van der Waals surface area contributed by atoms with E-state index in [0.29, 0.717) is 10.8 Å². The molecule has 0 saturated heterocycles. The Hall–Kier alpha value is 0. The van der Waals surface area contributed by atoms with Gasteiger partial charge in [0.05, 0.1) is 0 Å². The zero-order valence-electron chi connectivity index (χ0n) is 15.6. The van der Waals surface area contributed by atoms with Crippen molar-refractivity contribution in [2.24, 2.45) is 34.5 Å². The van der Waals surface area contributed by atoms with Crippen LogP contribution in [0.2, 0.25) is 0 Å². The van der Waals surface area contributed by atoms with Gasteiger partial charge in [-0.15, -0.1) is 0 Å². The zero-order valence-corrected chi connectivity index (χ0v) is 15.6. The highest BCUT2D eigenvalue weighted by Gasteiger charge is 2.33. The second-order valence-corrected chi connectivity index (χ2v) is 9.29. The van der Waals surface area contributed by atoms with Crippen molar-refractivity contribution < 1.29 is 0 Å². The topological polar surface area (TPSA) is 0 Å². The highest BCUT2D eigenvalue weighted by molar-refractivity contribution is 4.84. The summed E-state index contributed by atoms with van der Waals surface area (Å²) >= 11 is 0. The van der Waals surface area contributed by atoms with Gasteiger partial charge in [0.25, 0.3) is 0 Å². The van der Waals surface area contributed by atoms with Crippen molar-refractivity contribution in [3.8, 4) is 0 Å². The summed E-state index contributed by atoms with van der Waals surface area (Å²) in [4.78, 5) is 0. The van der Waals surface area contributed by atoms with E-state index in [1.54, 1.807) is 0 Å². The minimum absolute atomic E-state index is 0.609. The number of hydrogen-bond acceptors (Lipinski definition) is 0. The van der Waals surface area contributed by atoms with Crippen molar-refractivity contribution in [2.75, 3.05) is 0 Å². The molecular formula is C20H40. The van der Waals surface area contributed by atoms with Crippen molar-refractivity contribution >= 4 is 0 Å². The van der Waals surface area contributed by atoms with E-state index in [2.05, 4.69) is 55.4 Å². The molecule has 0 spiro atoms. The van der Waals surface area contributed by atoms with Gasteiger partial charge in [0.15, 0.2) is 0 Å². The van der Waals surface area contributed by atoms with Gasteiger partial charge in [-0.05, 0) is 47.3 Å². The Morgan fingerprint density at radius 3 is 1.10 bits per heavy atom. The Bertz CT molecular complexity index is 256. The van der Waals surface area contributed by atoms with Crippen molar-refractivity contribution in [3.63, 3.8) is 0 Å². The van der Waals surface area contributed by atoms with Crippen LogP contribution in [0.15, 0.2) is 0 Å². The molecule has 0 aromatic rings. The minimum Gasteiger partial charge on any atom is -0.0622 e. The van der Waals surface area contributed by atoms with E-state index in [1.165, 1.54) is 38.5 Å². The lowest BCUT2D eigenvalue weighted by molar-refractivity contribution is 0.0995. The SMILES string of the molecule is C[C@@H]1[C@@H](C)CCCC1(C)C.C[C@H]1CCCC(C)(C)[C@H]1C. The monoisotopic (exact) mass is 280 g/mol. The second-order valence-electron chi connectivity index (χ2n) is 9.29. The predicted molar refractivity (Wildman–Crippen MR) is 91.9 cm³/mol. The lowest BCUT2D eigenvalue weighted by Gasteiger charge is -2.40. The van der Waals surface area contributed by atoms with Crippen LogP contribution in [0.3, 0.4) is 0 Å². The predicted octanol–water partition coefficient (Wildman–Crippen LogP) is 6.94. The van der Waals surface area contributed by atoms with Crippen LogP contribution >= 0.6 is 0 Å². The molecule has 20 heavy (non-hydrogen) atoms.